The summed E-state index contributed by atoms with van der Waals surface area (Å²) in [6.07, 6.45) is -3.56. The van der Waals surface area contributed by atoms with Gasteiger partial charge in [0.25, 0.3) is 11.8 Å². The van der Waals surface area contributed by atoms with Crippen molar-refractivity contribution in [1.82, 2.24) is 5.32 Å². The van der Waals surface area contributed by atoms with Crippen molar-refractivity contribution in [2.45, 2.75) is 56.2 Å². The number of hydrogen-bond acceptors (Lipinski definition) is 7. The third-order valence-electron chi connectivity index (χ3n) is 6.13. The molecule has 2 atom stereocenters. The highest BCUT2D eigenvalue weighted by Gasteiger charge is 2.38. The molecule has 8 nitrogen and oxygen atoms in total. The minimum Gasteiger partial charge on any atom is -0.468 e. The zero-order valence-electron chi connectivity index (χ0n) is 24.8. The predicted octanol–water partition coefficient (Wildman–Crippen LogP) is 6.06. The number of hydrogen-bond donors (Lipinski definition) is 2. The molecule has 0 radical (unpaired) electrons. The van der Waals surface area contributed by atoms with E-state index in [1.165, 1.54) is 0 Å². The Labute approximate surface area is 270 Å². The van der Waals surface area contributed by atoms with Crippen LogP contribution in [-0.2, 0) is 43.2 Å². The molecule has 1 amide bonds. The lowest BCUT2D eigenvalue weighted by molar-refractivity contribution is -0.146. The summed E-state index contributed by atoms with van der Waals surface area (Å²) in [5, 5.41) is 2.16. The van der Waals surface area contributed by atoms with Crippen molar-refractivity contribution in [3.05, 3.63) is 108 Å². The number of benzene rings is 3. The first-order chi connectivity index (χ1) is 20.8. The number of methoxy groups -OCH3 is 2. The Balaban J connectivity index is 0.000000487. The third-order valence-corrected chi connectivity index (χ3v) is 6.13. The lowest BCUT2D eigenvalue weighted by Crippen LogP contribution is -2.45. The lowest BCUT2D eigenvalue weighted by Gasteiger charge is -2.22. The zero-order chi connectivity index (χ0) is 32.6. The fourth-order valence-electron chi connectivity index (χ4n) is 4.03. The van der Waals surface area contributed by atoms with Crippen molar-refractivity contribution >= 4 is 35.0 Å². The number of carbonyl (C=O) groups is 3. The SMILES string of the molecule is Br.COC(=O)[C@@H](N)CC(F)(F)Cc1ccccc1.COC(=O)[C@H](CC(F)(F)Cc1ccccc1)NC(=O)OCc1ccccc1. The Morgan fingerprint density at radius 2 is 1.09 bits per heavy atom. The second-order valence-corrected chi connectivity index (χ2v) is 9.86. The van der Waals surface area contributed by atoms with E-state index in [0.29, 0.717) is 11.1 Å². The van der Waals surface area contributed by atoms with Crippen molar-refractivity contribution < 1.29 is 46.2 Å². The van der Waals surface area contributed by atoms with E-state index >= 15 is 0 Å². The number of ether oxygens (including phenoxy) is 3. The highest BCUT2D eigenvalue weighted by atomic mass is 79.9. The molecule has 246 valence electrons. The minimum atomic E-state index is -3.22. The molecule has 0 bridgehead atoms. The number of nitrogens with one attached hydrogen (secondary N) is 1. The molecule has 3 aromatic rings. The Morgan fingerprint density at radius 1 is 0.689 bits per heavy atom. The summed E-state index contributed by atoms with van der Waals surface area (Å²) in [6, 6.07) is 22.6. The Kier molecular flexibility index (Phi) is 16.9. The number of alkyl halides is 4. The van der Waals surface area contributed by atoms with Crippen molar-refractivity contribution in [1.29, 1.82) is 0 Å². The number of amides is 1. The Bertz CT molecular complexity index is 1300. The van der Waals surface area contributed by atoms with Crippen LogP contribution in [0.5, 0.6) is 0 Å². The molecule has 13 heteroatoms. The average Bonchev–Trinajstić information content (AvgIpc) is 2.99. The molecule has 0 aliphatic rings. The number of rotatable bonds is 13. The zero-order valence-corrected chi connectivity index (χ0v) is 26.5. The highest BCUT2D eigenvalue weighted by molar-refractivity contribution is 8.93. The highest BCUT2D eigenvalue weighted by Crippen LogP contribution is 2.27. The third kappa shape index (κ3) is 15.5. The van der Waals surface area contributed by atoms with E-state index in [-0.39, 0.29) is 23.6 Å². The van der Waals surface area contributed by atoms with Crippen LogP contribution < -0.4 is 11.1 Å². The van der Waals surface area contributed by atoms with Crippen LogP contribution >= 0.6 is 17.0 Å². The van der Waals surface area contributed by atoms with Crippen LogP contribution in [0.1, 0.15) is 29.5 Å². The second-order valence-electron chi connectivity index (χ2n) is 9.86. The number of carbonyl (C=O) groups excluding carboxylic acids is 3. The number of alkyl carbamates (subject to hydrolysis) is 1. The van der Waals surface area contributed by atoms with Crippen molar-refractivity contribution in [3.8, 4) is 0 Å². The van der Waals surface area contributed by atoms with E-state index < -0.39 is 67.6 Å². The number of nitrogens with two attached hydrogens (primary N) is 1. The average molecular weight is 702 g/mol. The summed E-state index contributed by atoms with van der Waals surface area (Å²) in [5.74, 6) is -8.01. The molecule has 3 aromatic carbocycles. The Morgan fingerprint density at radius 3 is 1.51 bits per heavy atom. The van der Waals surface area contributed by atoms with Gasteiger partial charge >= 0.3 is 18.0 Å². The van der Waals surface area contributed by atoms with E-state index in [1.807, 2.05) is 6.07 Å². The molecule has 0 heterocycles. The van der Waals surface area contributed by atoms with E-state index in [2.05, 4.69) is 14.8 Å². The van der Waals surface area contributed by atoms with Crippen LogP contribution in [0.4, 0.5) is 22.4 Å². The molecule has 0 aliphatic heterocycles. The molecule has 0 unspecified atom stereocenters. The lowest BCUT2D eigenvalue weighted by atomic mass is 10.0. The van der Waals surface area contributed by atoms with E-state index in [1.54, 1.807) is 84.9 Å². The van der Waals surface area contributed by atoms with Gasteiger partial charge in [-0.05, 0) is 16.7 Å². The van der Waals surface area contributed by atoms with E-state index in [9.17, 15) is 31.9 Å². The summed E-state index contributed by atoms with van der Waals surface area (Å²) in [4.78, 5) is 34.7. The van der Waals surface area contributed by atoms with Crippen LogP contribution in [0.3, 0.4) is 0 Å². The second kappa shape index (κ2) is 19.4. The fraction of sp³-hybridized carbons (Fsp3) is 0.344. The van der Waals surface area contributed by atoms with E-state index in [0.717, 1.165) is 19.8 Å². The molecule has 45 heavy (non-hydrogen) atoms. The van der Waals surface area contributed by atoms with Gasteiger partial charge in [0.1, 0.15) is 18.7 Å². The molecule has 3 N–H and O–H groups in total. The summed E-state index contributed by atoms with van der Waals surface area (Å²) in [7, 11) is 2.19. The summed E-state index contributed by atoms with van der Waals surface area (Å²) >= 11 is 0. The fourth-order valence-corrected chi connectivity index (χ4v) is 4.03. The first kappa shape index (κ1) is 39.1. The van der Waals surface area contributed by atoms with Gasteiger partial charge in [-0.1, -0.05) is 91.0 Å². The Hall–Kier alpha value is -3.97. The van der Waals surface area contributed by atoms with Gasteiger partial charge in [-0.25, -0.2) is 27.2 Å². The summed E-state index contributed by atoms with van der Waals surface area (Å²) < 4.78 is 69.7. The van der Waals surface area contributed by atoms with Gasteiger partial charge in [-0.15, -0.1) is 17.0 Å². The predicted molar refractivity (Wildman–Crippen MR) is 165 cm³/mol. The van der Waals surface area contributed by atoms with Gasteiger partial charge in [0, 0.05) is 25.7 Å². The molecule has 3 rings (SSSR count). The molecule has 0 spiro atoms. The van der Waals surface area contributed by atoms with Gasteiger partial charge in [0.2, 0.25) is 0 Å². The maximum Gasteiger partial charge on any atom is 0.408 e. The number of halogens is 5. The van der Waals surface area contributed by atoms with Gasteiger partial charge in [-0.2, -0.15) is 0 Å². The molecule has 0 fully saturated rings. The monoisotopic (exact) mass is 700 g/mol. The van der Waals surface area contributed by atoms with E-state index in [4.69, 9.17) is 10.5 Å². The van der Waals surface area contributed by atoms with Crippen LogP contribution in [0.2, 0.25) is 0 Å². The van der Waals surface area contributed by atoms with Crippen molar-refractivity contribution in [3.63, 3.8) is 0 Å². The number of esters is 2. The topological polar surface area (TPSA) is 117 Å². The normalized spacial score (nSPS) is 12.2. The quantitative estimate of drug-likeness (QED) is 0.127. The maximum atomic E-state index is 14.4. The molecule has 0 aromatic heterocycles. The van der Waals surface area contributed by atoms with Crippen molar-refractivity contribution in [2.24, 2.45) is 5.73 Å². The first-order valence-corrected chi connectivity index (χ1v) is 13.6. The standard InChI is InChI=1S/C20H21F2NO4.C12H15F2NO2.BrH/c1-26-18(24)17(13-20(21,22)12-15-8-4-2-5-9-15)23-19(25)27-14-16-10-6-3-7-11-16;1-17-11(16)10(15)8-12(13,14)7-9-5-3-2-4-6-9;/h2-11,17H,12-14H2,1H3,(H,23,25);2-6,10H,7-8,15H2,1H3;1H/t17-;10-;/m00./s1. The van der Waals surface area contributed by atoms with Crippen LogP contribution in [0, 0.1) is 0 Å². The molecule has 0 saturated heterocycles. The van der Waals surface area contributed by atoms with Gasteiger partial charge < -0.3 is 25.3 Å². The van der Waals surface area contributed by atoms with Gasteiger partial charge in [0.15, 0.2) is 0 Å². The summed E-state index contributed by atoms with van der Waals surface area (Å²) in [6.45, 7) is -0.0407. The van der Waals surface area contributed by atoms with Crippen LogP contribution in [0.15, 0.2) is 91.0 Å². The first-order valence-electron chi connectivity index (χ1n) is 13.6. The van der Waals surface area contributed by atoms with Crippen molar-refractivity contribution in [2.75, 3.05) is 14.2 Å². The smallest absolute Gasteiger partial charge is 0.408 e. The molecule has 0 saturated carbocycles. The molecular formula is C32H37BrF4N2O6. The molecule has 0 aliphatic carbocycles. The molecular weight excluding hydrogens is 664 g/mol. The van der Waals surface area contributed by atoms with Gasteiger partial charge in [0.05, 0.1) is 14.2 Å². The van der Waals surface area contributed by atoms with Crippen LogP contribution in [-0.4, -0.2) is 56.2 Å². The largest absolute Gasteiger partial charge is 0.468 e. The van der Waals surface area contributed by atoms with Gasteiger partial charge in [-0.3, -0.25) is 4.79 Å². The minimum absolute atomic E-state index is 0. The van der Waals surface area contributed by atoms with Crippen LogP contribution in [0.25, 0.3) is 0 Å². The summed E-state index contributed by atoms with van der Waals surface area (Å²) in [5.41, 5.74) is 6.98. The maximum absolute atomic E-state index is 14.4.